The predicted octanol–water partition coefficient (Wildman–Crippen LogP) is 3.77. The minimum Gasteiger partial charge on any atom is -0.352 e. The van der Waals surface area contributed by atoms with E-state index in [0.717, 1.165) is 47.1 Å². The molecule has 0 aliphatic rings. The fourth-order valence-electron chi connectivity index (χ4n) is 2.66. The number of nitrogens with zero attached hydrogens (tertiary/aromatic N) is 2. The summed E-state index contributed by atoms with van der Waals surface area (Å²) in [5.41, 5.74) is 2.39. The molecule has 1 amide bonds. The van der Waals surface area contributed by atoms with E-state index in [9.17, 15) is 4.79 Å². The zero-order valence-corrected chi connectivity index (χ0v) is 15.6. The third-order valence-corrected chi connectivity index (χ3v) is 4.47. The topological polar surface area (TPSA) is 45.2 Å². The van der Waals surface area contributed by atoms with Gasteiger partial charge in [-0.15, -0.1) is 0 Å². The van der Waals surface area contributed by atoms with E-state index in [1.807, 2.05) is 31.2 Å². The number of pyridine rings is 1. The minimum atomic E-state index is -0.0295. The lowest BCUT2D eigenvalue weighted by Gasteiger charge is -2.17. The van der Waals surface area contributed by atoms with Gasteiger partial charge in [0.1, 0.15) is 0 Å². The Hall–Kier alpha value is -1.46. The first-order valence-electron chi connectivity index (χ1n) is 8.12. The molecule has 0 fully saturated rings. The second kappa shape index (κ2) is 8.41. The van der Waals surface area contributed by atoms with Crippen molar-refractivity contribution in [1.29, 1.82) is 0 Å². The molecule has 2 aromatic rings. The van der Waals surface area contributed by atoms with Crippen LogP contribution in [0.5, 0.6) is 0 Å². The van der Waals surface area contributed by atoms with Crippen molar-refractivity contribution < 1.29 is 4.79 Å². The largest absolute Gasteiger partial charge is 0.352 e. The summed E-state index contributed by atoms with van der Waals surface area (Å²) in [4.78, 5) is 19.4. The molecule has 4 nitrogen and oxygen atoms in total. The highest BCUT2D eigenvalue weighted by atomic mass is 79.9. The number of carbonyl (C=O) groups is 1. The molecule has 0 aliphatic carbocycles. The minimum absolute atomic E-state index is 0.0295. The number of carbonyl (C=O) groups excluding carboxylic acids is 1. The van der Waals surface area contributed by atoms with Gasteiger partial charge >= 0.3 is 0 Å². The Bertz CT molecular complexity index is 683. The van der Waals surface area contributed by atoms with Crippen LogP contribution in [0.3, 0.4) is 0 Å². The van der Waals surface area contributed by atoms with Crippen LogP contribution in [-0.4, -0.2) is 42.0 Å². The van der Waals surface area contributed by atoms with Gasteiger partial charge in [-0.3, -0.25) is 9.78 Å². The van der Waals surface area contributed by atoms with Gasteiger partial charge in [-0.1, -0.05) is 29.8 Å². The number of halogens is 1. The summed E-state index contributed by atoms with van der Waals surface area (Å²) in [5.74, 6) is -0.0295. The molecule has 1 aromatic heterocycles. The summed E-state index contributed by atoms with van der Waals surface area (Å²) in [6.45, 7) is 10.0. The summed E-state index contributed by atoms with van der Waals surface area (Å²) < 4.78 is 0.950. The standard InChI is InChI=1S/C18H24BrN3O/c1-4-22(5-2)10-6-9-20-18(23)16-11-13(3)21-17-8-7-14(19)12-15(16)17/h7-8,11-12H,4-6,9-10H2,1-3H3,(H,20,23). The van der Waals surface area contributed by atoms with Crippen molar-refractivity contribution in [2.45, 2.75) is 27.2 Å². The molecule has 0 spiro atoms. The maximum atomic E-state index is 12.5. The Balaban J connectivity index is 2.07. The number of aromatic nitrogens is 1. The molecule has 0 saturated heterocycles. The van der Waals surface area contributed by atoms with Gasteiger partial charge in [0.15, 0.2) is 0 Å². The number of aryl methyl sites for hydroxylation is 1. The van der Waals surface area contributed by atoms with Crippen molar-refractivity contribution in [3.8, 4) is 0 Å². The van der Waals surface area contributed by atoms with Crippen LogP contribution in [-0.2, 0) is 0 Å². The maximum absolute atomic E-state index is 12.5. The van der Waals surface area contributed by atoms with Crippen molar-refractivity contribution in [3.05, 3.63) is 40.0 Å². The lowest BCUT2D eigenvalue weighted by Crippen LogP contribution is -2.30. The number of fused-ring (bicyclic) bond motifs is 1. The van der Waals surface area contributed by atoms with Crippen molar-refractivity contribution >= 4 is 32.7 Å². The van der Waals surface area contributed by atoms with E-state index < -0.39 is 0 Å². The number of nitrogens with one attached hydrogen (secondary N) is 1. The van der Waals surface area contributed by atoms with Crippen molar-refractivity contribution in [2.24, 2.45) is 0 Å². The molecular formula is C18H24BrN3O. The van der Waals surface area contributed by atoms with E-state index in [-0.39, 0.29) is 5.91 Å². The molecule has 0 aliphatic heterocycles. The number of hydrogen-bond donors (Lipinski definition) is 1. The highest BCUT2D eigenvalue weighted by molar-refractivity contribution is 9.10. The van der Waals surface area contributed by atoms with Crippen LogP contribution in [0.1, 0.15) is 36.3 Å². The SMILES string of the molecule is CCN(CC)CCCNC(=O)c1cc(C)nc2ccc(Br)cc12. The highest BCUT2D eigenvalue weighted by Crippen LogP contribution is 2.22. The van der Waals surface area contributed by atoms with Crippen molar-refractivity contribution in [2.75, 3.05) is 26.2 Å². The molecule has 0 atom stereocenters. The smallest absolute Gasteiger partial charge is 0.252 e. The van der Waals surface area contributed by atoms with E-state index in [4.69, 9.17) is 0 Å². The van der Waals surface area contributed by atoms with Gasteiger partial charge in [0, 0.05) is 22.1 Å². The van der Waals surface area contributed by atoms with Crippen LogP contribution >= 0.6 is 15.9 Å². The molecular weight excluding hydrogens is 354 g/mol. The van der Waals surface area contributed by atoms with Crippen LogP contribution in [0.25, 0.3) is 10.9 Å². The van der Waals surface area contributed by atoms with Crippen molar-refractivity contribution in [3.63, 3.8) is 0 Å². The molecule has 1 heterocycles. The molecule has 0 bridgehead atoms. The summed E-state index contributed by atoms with van der Waals surface area (Å²) in [6, 6.07) is 7.69. The summed E-state index contributed by atoms with van der Waals surface area (Å²) in [5, 5.41) is 3.91. The summed E-state index contributed by atoms with van der Waals surface area (Å²) in [7, 11) is 0. The first kappa shape index (κ1) is 17.9. The number of rotatable bonds is 7. The van der Waals surface area contributed by atoms with Crippen LogP contribution in [0.2, 0.25) is 0 Å². The number of benzene rings is 1. The number of hydrogen-bond acceptors (Lipinski definition) is 3. The molecule has 1 N–H and O–H groups in total. The zero-order valence-electron chi connectivity index (χ0n) is 14.0. The van der Waals surface area contributed by atoms with Crippen LogP contribution in [0.15, 0.2) is 28.7 Å². The maximum Gasteiger partial charge on any atom is 0.252 e. The molecule has 5 heteroatoms. The highest BCUT2D eigenvalue weighted by Gasteiger charge is 2.12. The fraction of sp³-hybridized carbons (Fsp3) is 0.444. The van der Waals surface area contributed by atoms with Crippen molar-refractivity contribution in [1.82, 2.24) is 15.2 Å². The fourth-order valence-corrected chi connectivity index (χ4v) is 3.02. The van der Waals surface area contributed by atoms with Gasteiger partial charge in [-0.05, 0) is 57.2 Å². The zero-order chi connectivity index (χ0) is 16.8. The van der Waals surface area contributed by atoms with Gasteiger partial charge in [0.05, 0.1) is 11.1 Å². The Kier molecular flexibility index (Phi) is 6.54. The van der Waals surface area contributed by atoms with Gasteiger partial charge in [0.2, 0.25) is 0 Å². The van der Waals surface area contributed by atoms with Crippen LogP contribution in [0, 0.1) is 6.92 Å². The van der Waals surface area contributed by atoms with E-state index in [1.54, 1.807) is 0 Å². The Morgan fingerprint density at radius 1 is 1.26 bits per heavy atom. The van der Waals surface area contributed by atoms with E-state index >= 15 is 0 Å². The first-order chi connectivity index (χ1) is 11.0. The molecule has 1 aromatic carbocycles. The van der Waals surface area contributed by atoms with E-state index in [0.29, 0.717) is 12.1 Å². The predicted molar refractivity (Wildman–Crippen MR) is 98.9 cm³/mol. The van der Waals surface area contributed by atoms with E-state index in [2.05, 4.69) is 45.0 Å². The third-order valence-electron chi connectivity index (χ3n) is 3.97. The first-order valence-corrected chi connectivity index (χ1v) is 8.92. The summed E-state index contributed by atoms with van der Waals surface area (Å²) in [6.07, 6.45) is 0.957. The average molecular weight is 378 g/mol. The monoisotopic (exact) mass is 377 g/mol. The third kappa shape index (κ3) is 4.75. The average Bonchev–Trinajstić information content (AvgIpc) is 2.54. The quantitative estimate of drug-likeness (QED) is 0.746. The molecule has 0 unspecified atom stereocenters. The molecule has 124 valence electrons. The van der Waals surface area contributed by atoms with Gasteiger partial charge in [-0.25, -0.2) is 0 Å². The summed E-state index contributed by atoms with van der Waals surface area (Å²) >= 11 is 3.46. The van der Waals surface area contributed by atoms with Gasteiger partial charge < -0.3 is 10.2 Å². The van der Waals surface area contributed by atoms with Crippen LogP contribution in [0.4, 0.5) is 0 Å². The Labute approximate surface area is 146 Å². The van der Waals surface area contributed by atoms with Gasteiger partial charge in [-0.2, -0.15) is 0 Å². The second-order valence-electron chi connectivity index (χ2n) is 5.61. The normalized spacial score (nSPS) is 11.2. The molecule has 2 rings (SSSR count). The Morgan fingerprint density at radius 3 is 2.70 bits per heavy atom. The lowest BCUT2D eigenvalue weighted by atomic mass is 10.1. The van der Waals surface area contributed by atoms with E-state index in [1.165, 1.54) is 0 Å². The molecule has 0 saturated carbocycles. The number of amides is 1. The van der Waals surface area contributed by atoms with Gasteiger partial charge in [0.25, 0.3) is 5.91 Å². The van der Waals surface area contributed by atoms with Crippen LogP contribution < -0.4 is 5.32 Å². The lowest BCUT2D eigenvalue weighted by molar-refractivity contribution is 0.0953. The molecule has 0 radical (unpaired) electrons. The molecule has 23 heavy (non-hydrogen) atoms. The Morgan fingerprint density at radius 2 is 2.00 bits per heavy atom. The second-order valence-corrected chi connectivity index (χ2v) is 6.52.